The van der Waals surface area contributed by atoms with E-state index in [9.17, 15) is 18.0 Å². The molecule has 3 aromatic rings. The number of rotatable bonds is 9. The summed E-state index contributed by atoms with van der Waals surface area (Å²) in [5, 5.41) is 5.45. The summed E-state index contributed by atoms with van der Waals surface area (Å²) in [6, 6.07) is 9.36. The van der Waals surface area contributed by atoms with Crippen LogP contribution in [0.5, 0.6) is 0 Å². The predicted octanol–water partition coefficient (Wildman–Crippen LogP) is 3.37. The topological polar surface area (TPSA) is 105 Å². The number of nitrogens with one attached hydrogen (secondary N) is 2. The second kappa shape index (κ2) is 9.61. The third kappa shape index (κ3) is 5.39. The van der Waals surface area contributed by atoms with Gasteiger partial charge in [0, 0.05) is 17.5 Å². The Kier molecular flexibility index (Phi) is 7.14. The van der Waals surface area contributed by atoms with Gasteiger partial charge in [0.1, 0.15) is 10.5 Å². The number of amides is 1. The second-order valence-electron chi connectivity index (χ2n) is 6.52. The van der Waals surface area contributed by atoms with Gasteiger partial charge in [0.05, 0.1) is 21.6 Å². The van der Waals surface area contributed by atoms with Gasteiger partial charge >= 0.3 is 0 Å². The van der Waals surface area contributed by atoms with Crippen LogP contribution in [0.15, 0.2) is 46.0 Å². The zero-order valence-corrected chi connectivity index (χ0v) is 18.9. The third-order valence-electron chi connectivity index (χ3n) is 4.32. The van der Waals surface area contributed by atoms with Crippen molar-refractivity contribution in [3.63, 3.8) is 0 Å². The molecule has 0 saturated carbocycles. The number of carbonyl (C=O) groups excluding carboxylic acids is 2. The van der Waals surface area contributed by atoms with Crippen LogP contribution >= 0.6 is 22.7 Å². The number of sulfonamides is 1. The molecule has 30 heavy (non-hydrogen) atoms. The van der Waals surface area contributed by atoms with Crippen molar-refractivity contribution in [2.24, 2.45) is 0 Å². The molecule has 0 spiro atoms. The van der Waals surface area contributed by atoms with Crippen LogP contribution in [-0.2, 0) is 21.4 Å². The van der Waals surface area contributed by atoms with E-state index in [2.05, 4.69) is 15.0 Å². The van der Waals surface area contributed by atoms with Crippen LogP contribution in [0.4, 0.5) is 0 Å². The molecule has 1 unspecified atom stereocenters. The molecule has 1 aromatic carbocycles. The van der Waals surface area contributed by atoms with Crippen LogP contribution in [0.25, 0.3) is 10.6 Å². The highest BCUT2D eigenvalue weighted by molar-refractivity contribution is 7.91. The van der Waals surface area contributed by atoms with Gasteiger partial charge in [-0.05, 0) is 43.2 Å². The van der Waals surface area contributed by atoms with Crippen LogP contribution in [0, 0.1) is 6.92 Å². The summed E-state index contributed by atoms with van der Waals surface area (Å²) in [7, 11) is -3.66. The quantitative estimate of drug-likeness (QED) is 0.474. The molecular weight excluding hydrogens is 442 g/mol. The molecule has 0 aliphatic heterocycles. The van der Waals surface area contributed by atoms with E-state index in [1.54, 1.807) is 36.4 Å². The summed E-state index contributed by atoms with van der Waals surface area (Å²) >= 11 is 2.69. The molecule has 3 rings (SSSR count). The normalized spacial score (nSPS) is 12.5. The molecule has 1 amide bonds. The molecule has 0 bridgehead atoms. The molecular formula is C20H21N3O4S3. The van der Waals surface area contributed by atoms with Gasteiger partial charge in [-0.25, -0.2) is 18.1 Å². The van der Waals surface area contributed by atoms with Gasteiger partial charge in [-0.3, -0.25) is 4.79 Å². The van der Waals surface area contributed by atoms with Crippen LogP contribution < -0.4 is 10.0 Å². The lowest BCUT2D eigenvalue weighted by atomic mass is 10.1. The Morgan fingerprint density at radius 2 is 1.93 bits per heavy atom. The van der Waals surface area contributed by atoms with E-state index in [0.29, 0.717) is 23.8 Å². The summed E-state index contributed by atoms with van der Waals surface area (Å²) in [4.78, 5) is 28.2. The molecule has 2 aromatic heterocycles. The SMILES string of the molecule is CCC(C=O)NC(=O)c1ccc(CNS(=O)(=O)c2ccc(-c3csc(C)n3)s2)cc1. The Balaban J connectivity index is 1.63. The van der Waals surface area contributed by atoms with Crippen LogP contribution in [0.2, 0.25) is 0 Å². The summed E-state index contributed by atoms with van der Waals surface area (Å²) < 4.78 is 28.0. The van der Waals surface area contributed by atoms with Gasteiger partial charge in [0.25, 0.3) is 5.91 Å². The number of aldehydes is 1. The van der Waals surface area contributed by atoms with Crippen molar-refractivity contribution in [2.45, 2.75) is 37.1 Å². The fourth-order valence-corrected chi connectivity index (χ4v) is 5.60. The van der Waals surface area contributed by atoms with Gasteiger partial charge < -0.3 is 10.1 Å². The number of carbonyl (C=O) groups is 2. The lowest BCUT2D eigenvalue weighted by molar-refractivity contribution is -0.109. The minimum Gasteiger partial charge on any atom is -0.343 e. The lowest BCUT2D eigenvalue weighted by Gasteiger charge is -2.10. The zero-order valence-electron chi connectivity index (χ0n) is 16.4. The summed E-state index contributed by atoms with van der Waals surface area (Å²) in [6.07, 6.45) is 1.22. The lowest BCUT2D eigenvalue weighted by Crippen LogP contribution is -2.35. The summed E-state index contributed by atoms with van der Waals surface area (Å²) in [5.74, 6) is -0.343. The van der Waals surface area contributed by atoms with Crippen LogP contribution in [-0.4, -0.2) is 31.6 Å². The Bertz CT molecular complexity index is 1130. The molecule has 10 heteroatoms. The van der Waals surface area contributed by atoms with Gasteiger partial charge in [0.15, 0.2) is 0 Å². The highest BCUT2D eigenvalue weighted by Crippen LogP contribution is 2.31. The maximum absolute atomic E-state index is 12.6. The minimum absolute atomic E-state index is 0.0964. The second-order valence-corrected chi connectivity index (χ2v) is 10.7. The predicted molar refractivity (Wildman–Crippen MR) is 118 cm³/mol. The van der Waals surface area contributed by atoms with E-state index in [1.807, 2.05) is 19.2 Å². The number of thiazole rings is 1. The van der Waals surface area contributed by atoms with E-state index in [0.717, 1.165) is 15.6 Å². The molecule has 0 radical (unpaired) electrons. The Morgan fingerprint density at radius 3 is 2.53 bits per heavy atom. The Labute approximate surface area is 183 Å². The van der Waals surface area contributed by atoms with Crippen molar-refractivity contribution in [3.05, 3.63) is 57.9 Å². The standard InChI is InChI=1S/C20H21N3O4S3/c1-3-16(11-24)23-20(25)15-6-4-14(5-7-15)10-21-30(26,27)19-9-8-18(29-19)17-12-28-13(2)22-17/h4-9,11-12,16,21H,3,10H2,1-2H3,(H,23,25). The van der Waals surface area contributed by atoms with E-state index in [-0.39, 0.29) is 16.7 Å². The van der Waals surface area contributed by atoms with Crippen molar-refractivity contribution < 1.29 is 18.0 Å². The van der Waals surface area contributed by atoms with Crippen LogP contribution in [0.1, 0.15) is 34.3 Å². The van der Waals surface area contributed by atoms with Gasteiger partial charge in [0.2, 0.25) is 10.0 Å². The summed E-state index contributed by atoms with van der Waals surface area (Å²) in [5.41, 5.74) is 1.89. The maximum atomic E-state index is 12.6. The van der Waals surface area contributed by atoms with Crippen molar-refractivity contribution in [1.29, 1.82) is 0 Å². The molecule has 1 atom stereocenters. The third-order valence-corrected chi connectivity index (χ3v) is 8.10. The highest BCUT2D eigenvalue weighted by atomic mass is 32.2. The first-order valence-electron chi connectivity index (χ1n) is 9.19. The first kappa shape index (κ1) is 22.3. The highest BCUT2D eigenvalue weighted by Gasteiger charge is 2.18. The molecule has 0 aliphatic rings. The van der Waals surface area contributed by atoms with Gasteiger partial charge in [-0.15, -0.1) is 22.7 Å². The first-order chi connectivity index (χ1) is 14.3. The average molecular weight is 464 g/mol. The van der Waals surface area contributed by atoms with E-state index >= 15 is 0 Å². The number of aryl methyl sites for hydroxylation is 1. The fraction of sp³-hybridized carbons (Fsp3) is 0.250. The zero-order chi connectivity index (χ0) is 21.7. The van der Waals surface area contributed by atoms with Crippen molar-refractivity contribution in [3.8, 4) is 10.6 Å². The largest absolute Gasteiger partial charge is 0.343 e. The molecule has 0 aliphatic carbocycles. The smallest absolute Gasteiger partial charge is 0.251 e. The monoisotopic (exact) mass is 463 g/mol. The molecule has 7 nitrogen and oxygen atoms in total. The summed E-state index contributed by atoms with van der Waals surface area (Å²) in [6.45, 7) is 3.81. The van der Waals surface area contributed by atoms with Gasteiger partial charge in [-0.1, -0.05) is 19.1 Å². The van der Waals surface area contributed by atoms with Gasteiger partial charge in [-0.2, -0.15) is 0 Å². The van der Waals surface area contributed by atoms with Crippen molar-refractivity contribution in [1.82, 2.24) is 15.0 Å². The number of benzene rings is 1. The number of thiophene rings is 1. The maximum Gasteiger partial charge on any atom is 0.251 e. The van der Waals surface area contributed by atoms with Crippen molar-refractivity contribution in [2.75, 3.05) is 0 Å². The Hall–Kier alpha value is -2.40. The number of aromatic nitrogens is 1. The molecule has 0 saturated heterocycles. The molecule has 158 valence electrons. The van der Waals surface area contributed by atoms with Crippen LogP contribution in [0.3, 0.4) is 0 Å². The molecule has 2 N–H and O–H groups in total. The van der Waals surface area contributed by atoms with E-state index < -0.39 is 16.1 Å². The first-order valence-corrected chi connectivity index (χ1v) is 12.4. The van der Waals surface area contributed by atoms with E-state index in [1.165, 1.54) is 22.7 Å². The van der Waals surface area contributed by atoms with E-state index in [4.69, 9.17) is 0 Å². The molecule has 0 fully saturated rings. The molecule has 2 heterocycles. The fourth-order valence-electron chi connectivity index (χ4n) is 2.59. The average Bonchev–Trinajstić information content (AvgIpc) is 3.40. The number of nitrogens with zero attached hydrogens (tertiary/aromatic N) is 1. The number of hydrogen-bond acceptors (Lipinski definition) is 7. The van der Waals surface area contributed by atoms with Crippen molar-refractivity contribution >= 4 is 44.9 Å². The Morgan fingerprint density at radius 1 is 1.20 bits per heavy atom. The number of hydrogen-bond donors (Lipinski definition) is 2. The minimum atomic E-state index is -3.66.